The Morgan fingerprint density at radius 1 is 0.652 bits per heavy atom. The Morgan fingerprint density at radius 2 is 1.12 bits per heavy atom. The summed E-state index contributed by atoms with van der Waals surface area (Å²) in [6, 6.07) is -1.13. The molecule has 0 spiro atoms. The van der Waals surface area contributed by atoms with Crippen LogP contribution in [0.1, 0.15) is 235 Å². The number of aliphatic hydroxyl groups is 1. The number of carbonyl (C=O) groups excluding carboxylic acids is 2. The number of ether oxygens (including phenoxy) is 8. The molecule has 3 rings (SSSR count). The largest absolute Gasteiger partial charge is 0.471 e. The fourth-order valence-corrected chi connectivity index (χ4v) is 9.26. The summed E-state index contributed by atoms with van der Waals surface area (Å²) in [6.07, 6.45) is 33.7. The van der Waals surface area contributed by atoms with Crippen LogP contribution in [0.2, 0.25) is 0 Å². The van der Waals surface area contributed by atoms with Crippen LogP contribution < -0.4 is 11.1 Å². The molecule has 10 atom stereocenters. The molecule has 0 radical (unpaired) electrons. The first-order valence-electron chi connectivity index (χ1n) is 28.1. The number of amides is 1. The number of nitrogens with one attached hydrogen (secondary N) is 1. The lowest BCUT2D eigenvalue weighted by Crippen LogP contribution is -2.67. The maximum Gasteiger partial charge on any atom is 0.227 e. The number of rotatable bonds is 38. The van der Waals surface area contributed by atoms with E-state index >= 15 is 0 Å². The molecule has 0 saturated carbocycles. The van der Waals surface area contributed by atoms with E-state index in [0.29, 0.717) is 32.7 Å². The molecule has 0 aromatic heterocycles. The van der Waals surface area contributed by atoms with Gasteiger partial charge in [-0.1, -0.05) is 181 Å². The summed E-state index contributed by atoms with van der Waals surface area (Å²) in [5.41, 5.74) is 6.44. The number of hydrogen-bond acceptors (Lipinski definition) is 12. The second-order valence-electron chi connectivity index (χ2n) is 20.1. The molecule has 69 heavy (non-hydrogen) atoms. The summed E-state index contributed by atoms with van der Waals surface area (Å²) < 4.78 is 47.7. The number of aliphatic hydroxyl groups excluding tert-OH is 1. The van der Waals surface area contributed by atoms with Gasteiger partial charge >= 0.3 is 0 Å². The summed E-state index contributed by atoms with van der Waals surface area (Å²) in [7, 11) is 0. The third kappa shape index (κ3) is 27.0. The number of Topliss-reactive ketones (excluding diaryl/α,β-unsaturated/α-hetero) is 1. The van der Waals surface area contributed by atoms with Crippen LogP contribution in [0, 0.1) is 0 Å². The Bertz CT molecular complexity index is 1330. The Morgan fingerprint density at radius 3 is 1.61 bits per heavy atom. The van der Waals surface area contributed by atoms with Crippen LogP contribution in [0.15, 0.2) is 24.7 Å². The van der Waals surface area contributed by atoms with Gasteiger partial charge in [0, 0.05) is 19.6 Å². The van der Waals surface area contributed by atoms with Gasteiger partial charge in [0.1, 0.15) is 42.3 Å². The maximum absolute atomic E-state index is 12.9. The van der Waals surface area contributed by atoms with E-state index in [1.54, 1.807) is 12.3 Å². The molecule has 4 N–H and O–H groups in total. The highest BCUT2D eigenvalue weighted by Crippen LogP contribution is 2.34. The first kappa shape index (κ1) is 63.0. The lowest BCUT2D eigenvalue weighted by atomic mass is 9.94. The molecule has 3 aliphatic rings. The lowest BCUT2D eigenvalue weighted by Gasteiger charge is -2.50. The van der Waals surface area contributed by atoms with Crippen LogP contribution in [0.4, 0.5) is 0 Å². The molecule has 404 valence electrons. The molecular weight excluding hydrogens is 877 g/mol. The van der Waals surface area contributed by atoms with E-state index in [4.69, 9.17) is 43.6 Å². The molecule has 13 nitrogen and oxygen atoms in total. The Kier molecular flexibility index (Phi) is 36.0. The van der Waals surface area contributed by atoms with Crippen molar-refractivity contribution in [3.63, 3.8) is 0 Å². The van der Waals surface area contributed by atoms with Gasteiger partial charge in [0.2, 0.25) is 18.5 Å². The molecule has 3 heterocycles. The van der Waals surface area contributed by atoms with Gasteiger partial charge in [0.15, 0.2) is 5.79 Å². The zero-order chi connectivity index (χ0) is 50.5. The molecule has 0 aliphatic carbocycles. The minimum atomic E-state index is -0.900. The fraction of sp³-hybridized carbons (Fsp3) is 0.893. The van der Waals surface area contributed by atoms with Crippen molar-refractivity contribution in [3.05, 3.63) is 24.7 Å². The summed E-state index contributed by atoms with van der Waals surface area (Å²) in [5, 5.41) is 14.0. The van der Waals surface area contributed by atoms with Crippen LogP contribution >= 0.6 is 0 Å². The first-order chi connectivity index (χ1) is 33.5. The topological polar surface area (TPSA) is 166 Å². The standard InChI is InChI=1S/C34H63NO6.C22H41NO5/c1-5-9-11-13-15-17-18-20-22-24-28(36)27-30(37)35-31-33(39-26-23-21-19-16-14-12-10-6-2)32(38)29(8-4)41-34(31)40-25-7-3;1-5-7-8-9-10-11-12-13-15-24-20-18(23)21(25-14-6-2)27-17-16-26-22(3,4)28-19(17)20/h7,25,29,31-34,38H,5-6,8-24,26-27H2,1-4H3,(H,35,37);6,14,17-21H,5,7-13,15-16,23H2,1-4H3/b25-7-;14-6-/t29-,31?,32-,33-,34+;17-,18-,19-,20-,21+/m11/s1. The highest BCUT2D eigenvalue weighted by atomic mass is 16.8. The molecule has 0 aromatic rings. The summed E-state index contributed by atoms with van der Waals surface area (Å²) in [6.45, 7) is 17.8. The second kappa shape index (κ2) is 39.4. The number of unbranched alkanes of at least 4 members (excludes halogenated alkanes) is 22. The highest BCUT2D eigenvalue weighted by Gasteiger charge is 2.51. The monoisotopic (exact) mass is 981 g/mol. The quantitative estimate of drug-likeness (QED) is 0.0305. The number of allylic oxidation sites excluding steroid dienone is 2. The average molecular weight is 981 g/mol. The maximum atomic E-state index is 12.9. The van der Waals surface area contributed by atoms with E-state index in [0.717, 1.165) is 38.5 Å². The van der Waals surface area contributed by atoms with Crippen LogP contribution in [0.5, 0.6) is 0 Å². The second-order valence-corrected chi connectivity index (χ2v) is 20.1. The predicted octanol–water partition coefficient (Wildman–Crippen LogP) is 12.2. The molecular formula is C56H104N2O11. The minimum absolute atomic E-state index is 0.0588. The zero-order valence-electron chi connectivity index (χ0n) is 45.1. The van der Waals surface area contributed by atoms with Crippen LogP contribution in [-0.2, 0) is 47.5 Å². The molecule has 1 unspecified atom stereocenters. The van der Waals surface area contributed by atoms with Gasteiger partial charge in [0.05, 0.1) is 37.7 Å². The smallest absolute Gasteiger partial charge is 0.227 e. The molecule has 3 saturated heterocycles. The Hall–Kier alpha value is -2.10. The molecule has 13 heteroatoms. The van der Waals surface area contributed by atoms with Gasteiger partial charge in [0.25, 0.3) is 0 Å². The van der Waals surface area contributed by atoms with E-state index in [2.05, 4.69) is 26.1 Å². The van der Waals surface area contributed by atoms with Crippen molar-refractivity contribution in [2.45, 2.75) is 302 Å². The third-order valence-electron chi connectivity index (χ3n) is 13.3. The molecule has 3 aliphatic heterocycles. The van der Waals surface area contributed by atoms with Crippen molar-refractivity contribution in [1.29, 1.82) is 0 Å². The molecule has 3 fully saturated rings. The van der Waals surface area contributed by atoms with Gasteiger partial charge in [-0.2, -0.15) is 0 Å². The van der Waals surface area contributed by atoms with Gasteiger partial charge in [-0.05, 0) is 53.4 Å². The average Bonchev–Trinajstić information content (AvgIpc) is 3.33. The normalized spacial score (nSPS) is 26.6. The zero-order valence-corrected chi connectivity index (χ0v) is 45.1. The summed E-state index contributed by atoms with van der Waals surface area (Å²) in [5.74, 6) is -1.10. The van der Waals surface area contributed by atoms with E-state index in [-0.39, 0.29) is 36.4 Å². The summed E-state index contributed by atoms with van der Waals surface area (Å²) in [4.78, 5) is 25.5. The number of nitrogens with two attached hydrogens (primary N) is 1. The van der Waals surface area contributed by atoms with Crippen molar-refractivity contribution in [2.75, 3.05) is 19.8 Å². The first-order valence-corrected chi connectivity index (χ1v) is 28.1. The van der Waals surface area contributed by atoms with Crippen LogP contribution in [0.25, 0.3) is 0 Å². The van der Waals surface area contributed by atoms with Crippen molar-refractivity contribution < 1.29 is 52.6 Å². The van der Waals surface area contributed by atoms with E-state index < -0.39 is 48.8 Å². The van der Waals surface area contributed by atoms with Crippen molar-refractivity contribution >= 4 is 11.7 Å². The van der Waals surface area contributed by atoms with Crippen LogP contribution in [-0.4, -0.2) is 104 Å². The highest BCUT2D eigenvalue weighted by molar-refractivity contribution is 5.98. The number of ketones is 1. The van der Waals surface area contributed by atoms with E-state index in [1.165, 1.54) is 128 Å². The number of fused-ring (bicyclic) bond motifs is 1. The molecule has 1 amide bonds. The van der Waals surface area contributed by atoms with Gasteiger partial charge in [-0.25, -0.2) is 0 Å². The lowest BCUT2D eigenvalue weighted by molar-refractivity contribution is -0.366. The SMILES string of the molecule is C/C=C\O[C@H]1O[C@@H]2COC(C)(C)O[C@H]2[C@H](OCCCCCCCCCC)[C@H]1N.C/C=C\O[C@H]1O[C@H](CC)[C@@H](O)[C@H](OCCCCCCCCCC)C1NC(=O)CC(=O)CCCCCCCCCCC. The van der Waals surface area contributed by atoms with E-state index in [1.807, 2.05) is 40.7 Å². The van der Waals surface area contributed by atoms with E-state index in [9.17, 15) is 14.7 Å². The third-order valence-corrected chi connectivity index (χ3v) is 13.3. The Balaban J connectivity index is 0.000000507. The van der Waals surface area contributed by atoms with Crippen molar-refractivity contribution in [3.8, 4) is 0 Å². The van der Waals surface area contributed by atoms with Crippen molar-refractivity contribution in [1.82, 2.24) is 5.32 Å². The minimum Gasteiger partial charge on any atom is -0.471 e. The molecule has 0 aromatic carbocycles. The number of hydrogen-bond donors (Lipinski definition) is 3. The summed E-state index contributed by atoms with van der Waals surface area (Å²) >= 11 is 0. The van der Waals surface area contributed by atoms with Gasteiger partial charge in [-0.3, -0.25) is 9.59 Å². The molecule has 0 bridgehead atoms. The Labute approximate surface area is 420 Å². The van der Waals surface area contributed by atoms with Crippen LogP contribution in [0.3, 0.4) is 0 Å². The fourth-order valence-electron chi connectivity index (χ4n) is 9.26. The number of carbonyl (C=O) groups is 2. The van der Waals surface area contributed by atoms with Gasteiger partial charge in [-0.15, -0.1) is 0 Å². The van der Waals surface area contributed by atoms with Gasteiger partial charge < -0.3 is 54.1 Å². The van der Waals surface area contributed by atoms with Crippen molar-refractivity contribution in [2.24, 2.45) is 5.73 Å². The predicted molar refractivity (Wildman–Crippen MR) is 276 cm³/mol.